The molecule has 1 atom stereocenters. The third-order valence-corrected chi connectivity index (χ3v) is 4.35. The number of nitrogens with one attached hydrogen (secondary N) is 1. The Balaban J connectivity index is 1.74. The lowest BCUT2D eigenvalue weighted by molar-refractivity contribution is -0.121. The lowest BCUT2D eigenvalue weighted by Crippen LogP contribution is -2.38. The van der Waals surface area contributed by atoms with Gasteiger partial charge in [-0.2, -0.15) is 0 Å². The van der Waals surface area contributed by atoms with E-state index in [4.69, 9.17) is 4.74 Å². The van der Waals surface area contributed by atoms with Gasteiger partial charge < -0.3 is 15.0 Å². The number of anilines is 1. The maximum Gasteiger partial charge on any atom is 0.265 e. The first-order valence-electron chi connectivity index (χ1n) is 8.50. The molecule has 1 aliphatic rings. The Morgan fingerprint density at radius 1 is 1.20 bits per heavy atom. The summed E-state index contributed by atoms with van der Waals surface area (Å²) in [6.45, 7) is 4.51. The van der Waals surface area contributed by atoms with Gasteiger partial charge in [0.2, 0.25) is 0 Å². The molecular formula is C20H22N2O3. The molecule has 0 bridgehead atoms. The molecule has 0 aromatic heterocycles. The van der Waals surface area contributed by atoms with Crippen LogP contribution in [0, 0.1) is 0 Å². The van der Waals surface area contributed by atoms with Gasteiger partial charge in [0, 0.05) is 11.6 Å². The molecular weight excluding hydrogens is 316 g/mol. The van der Waals surface area contributed by atoms with E-state index in [9.17, 15) is 9.59 Å². The first kappa shape index (κ1) is 17.0. The Kier molecular flexibility index (Phi) is 5.03. The zero-order chi connectivity index (χ0) is 17.8. The topological polar surface area (TPSA) is 58.6 Å². The summed E-state index contributed by atoms with van der Waals surface area (Å²) < 4.78 is 5.46. The van der Waals surface area contributed by atoms with Gasteiger partial charge in [0.25, 0.3) is 11.8 Å². The van der Waals surface area contributed by atoms with Crippen LogP contribution < -0.4 is 15.0 Å². The van der Waals surface area contributed by atoms with Gasteiger partial charge in [-0.15, -0.1) is 0 Å². The van der Waals surface area contributed by atoms with E-state index < -0.39 is 0 Å². The van der Waals surface area contributed by atoms with Crippen molar-refractivity contribution >= 4 is 17.5 Å². The second-order valence-corrected chi connectivity index (χ2v) is 6.22. The third-order valence-electron chi connectivity index (χ3n) is 4.35. The molecule has 1 aliphatic heterocycles. The number of nitrogens with zero attached hydrogens (tertiary/aromatic N) is 1. The Bertz CT molecular complexity index is 771. The largest absolute Gasteiger partial charge is 0.482 e. The molecule has 130 valence electrons. The normalized spacial score (nSPS) is 14.5. The molecule has 0 aliphatic carbocycles. The number of carbonyl (C=O) groups excluding carboxylic acids is 2. The SMILES string of the molecule is CCC(C)NC(=O)c1ccc(CN2C(=O)COc3ccccc32)cc1. The summed E-state index contributed by atoms with van der Waals surface area (Å²) in [4.78, 5) is 26.1. The number of carbonyl (C=O) groups is 2. The number of amides is 2. The minimum absolute atomic E-state index is 0.0480. The predicted octanol–water partition coefficient (Wildman–Crippen LogP) is 3.14. The Morgan fingerprint density at radius 3 is 2.64 bits per heavy atom. The molecule has 1 heterocycles. The molecule has 2 aromatic carbocycles. The molecule has 1 N–H and O–H groups in total. The van der Waals surface area contributed by atoms with E-state index in [1.807, 2.05) is 50.2 Å². The molecule has 0 saturated carbocycles. The van der Waals surface area contributed by atoms with Crippen molar-refractivity contribution in [2.75, 3.05) is 11.5 Å². The van der Waals surface area contributed by atoms with E-state index in [-0.39, 0.29) is 24.5 Å². The zero-order valence-corrected chi connectivity index (χ0v) is 14.5. The molecule has 0 fully saturated rings. The summed E-state index contributed by atoms with van der Waals surface area (Å²) in [7, 11) is 0. The fourth-order valence-electron chi connectivity index (χ4n) is 2.68. The summed E-state index contributed by atoms with van der Waals surface area (Å²) in [5, 5.41) is 2.95. The van der Waals surface area contributed by atoms with E-state index in [2.05, 4.69) is 5.32 Å². The molecule has 0 spiro atoms. The zero-order valence-electron chi connectivity index (χ0n) is 14.5. The van der Waals surface area contributed by atoms with Crippen molar-refractivity contribution in [1.29, 1.82) is 0 Å². The van der Waals surface area contributed by atoms with Crippen molar-refractivity contribution in [3.05, 3.63) is 59.7 Å². The van der Waals surface area contributed by atoms with Gasteiger partial charge in [-0.05, 0) is 43.2 Å². The van der Waals surface area contributed by atoms with Gasteiger partial charge in [-0.1, -0.05) is 31.2 Å². The van der Waals surface area contributed by atoms with E-state index >= 15 is 0 Å². The first-order chi connectivity index (χ1) is 12.1. The van der Waals surface area contributed by atoms with Crippen LogP contribution in [0.15, 0.2) is 48.5 Å². The van der Waals surface area contributed by atoms with Crippen LogP contribution in [0.5, 0.6) is 5.75 Å². The van der Waals surface area contributed by atoms with Crippen molar-refractivity contribution in [1.82, 2.24) is 5.32 Å². The summed E-state index contributed by atoms with van der Waals surface area (Å²) >= 11 is 0. The number of hydrogen-bond acceptors (Lipinski definition) is 3. The van der Waals surface area contributed by atoms with E-state index in [1.54, 1.807) is 17.0 Å². The molecule has 5 heteroatoms. The molecule has 2 aromatic rings. The number of ether oxygens (including phenoxy) is 1. The Hall–Kier alpha value is -2.82. The highest BCUT2D eigenvalue weighted by Crippen LogP contribution is 2.32. The van der Waals surface area contributed by atoms with Crippen LogP contribution in [-0.4, -0.2) is 24.5 Å². The first-order valence-corrected chi connectivity index (χ1v) is 8.50. The highest BCUT2D eigenvalue weighted by Gasteiger charge is 2.25. The van der Waals surface area contributed by atoms with Crippen LogP contribution in [0.25, 0.3) is 0 Å². The maximum atomic E-state index is 12.2. The van der Waals surface area contributed by atoms with E-state index in [0.717, 1.165) is 17.7 Å². The van der Waals surface area contributed by atoms with Gasteiger partial charge in [0.1, 0.15) is 5.75 Å². The van der Waals surface area contributed by atoms with Gasteiger partial charge in [0.05, 0.1) is 12.2 Å². The third kappa shape index (κ3) is 3.82. The molecule has 0 saturated heterocycles. The van der Waals surface area contributed by atoms with Crippen LogP contribution in [0.2, 0.25) is 0 Å². The smallest absolute Gasteiger partial charge is 0.265 e. The van der Waals surface area contributed by atoms with Crippen LogP contribution in [0.1, 0.15) is 36.2 Å². The predicted molar refractivity (Wildman–Crippen MR) is 96.8 cm³/mol. The molecule has 25 heavy (non-hydrogen) atoms. The average molecular weight is 338 g/mol. The quantitative estimate of drug-likeness (QED) is 0.911. The van der Waals surface area contributed by atoms with Crippen molar-refractivity contribution in [2.24, 2.45) is 0 Å². The number of benzene rings is 2. The highest BCUT2D eigenvalue weighted by atomic mass is 16.5. The minimum Gasteiger partial charge on any atom is -0.482 e. The minimum atomic E-state index is -0.0753. The second kappa shape index (κ2) is 7.38. The summed E-state index contributed by atoms with van der Waals surface area (Å²) in [5.74, 6) is 0.567. The van der Waals surface area contributed by atoms with Gasteiger partial charge >= 0.3 is 0 Å². The summed E-state index contributed by atoms with van der Waals surface area (Å²) in [5.41, 5.74) is 2.36. The van der Waals surface area contributed by atoms with Crippen molar-refractivity contribution < 1.29 is 14.3 Å². The Morgan fingerprint density at radius 2 is 1.92 bits per heavy atom. The average Bonchev–Trinajstić information content (AvgIpc) is 2.64. The number of rotatable bonds is 5. The van der Waals surface area contributed by atoms with E-state index in [0.29, 0.717) is 17.9 Å². The lowest BCUT2D eigenvalue weighted by Gasteiger charge is -2.29. The second-order valence-electron chi connectivity index (χ2n) is 6.22. The van der Waals surface area contributed by atoms with Crippen molar-refractivity contribution in [3.63, 3.8) is 0 Å². The molecule has 1 unspecified atom stereocenters. The van der Waals surface area contributed by atoms with Crippen LogP contribution >= 0.6 is 0 Å². The maximum absolute atomic E-state index is 12.2. The van der Waals surface area contributed by atoms with Crippen molar-refractivity contribution in [2.45, 2.75) is 32.9 Å². The van der Waals surface area contributed by atoms with Crippen LogP contribution in [0.3, 0.4) is 0 Å². The highest BCUT2D eigenvalue weighted by molar-refractivity contribution is 5.98. The Labute approximate surface area is 147 Å². The fraction of sp³-hybridized carbons (Fsp3) is 0.300. The van der Waals surface area contributed by atoms with Crippen LogP contribution in [-0.2, 0) is 11.3 Å². The molecule has 3 rings (SSSR count). The summed E-state index contributed by atoms with van der Waals surface area (Å²) in [6.07, 6.45) is 0.891. The molecule has 0 radical (unpaired) electrons. The van der Waals surface area contributed by atoms with Gasteiger partial charge in [-0.25, -0.2) is 0 Å². The molecule has 2 amide bonds. The van der Waals surface area contributed by atoms with Gasteiger partial charge in [-0.3, -0.25) is 9.59 Å². The number of fused-ring (bicyclic) bond motifs is 1. The number of hydrogen-bond donors (Lipinski definition) is 1. The molecule has 5 nitrogen and oxygen atoms in total. The monoisotopic (exact) mass is 338 g/mol. The lowest BCUT2D eigenvalue weighted by atomic mass is 10.1. The standard InChI is InChI=1S/C20H22N2O3/c1-3-14(2)21-20(24)16-10-8-15(9-11-16)12-22-17-6-4-5-7-18(17)25-13-19(22)23/h4-11,14H,3,12-13H2,1-2H3,(H,21,24). The number of para-hydroxylation sites is 2. The van der Waals surface area contributed by atoms with Crippen molar-refractivity contribution in [3.8, 4) is 5.75 Å². The fourth-order valence-corrected chi connectivity index (χ4v) is 2.68. The van der Waals surface area contributed by atoms with Gasteiger partial charge in [0.15, 0.2) is 6.61 Å². The summed E-state index contributed by atoms with van der Waals surface area (Å²) in [6, 6.07) is 15.0. The van der Waals surface area contributed by atoms with Crippen LogP contribution in [0.4, 0.5) is 5.69 Å². The van der Waals surface area contributed by atoms with E-state index in [1.165, 1.54) is 0 Å².